The lowest BCUT2D eigenvalue weighted by Gasteiger charge is -2.04. The van der Waals surface area contributed by atoms with Crippen LogP contribution in [0.2, 0.25) is 0 Å². The van der Waals surface area contributed by atoms with E-state index in [9.17, 15) is 19.7 Å². The number of imide groups is 1. The van der Waals surface area contributed by atoms with Crippen LogP contribution < -0.4 is 5.32 Å². The molecule has 8 heteroatoms. The van der Waals surface area contributed by atoms with Crippen LogP contribution in [0.5, 0.6) is 0 Å². The number of aromatic nitrogens is 2. The number of carbonyl (C=O) groups excluding carboxylic acids is 2. The molecule has 0 aliphatic rings. The van der Waals surface area contributed by atoms with Gasteiger partial charge in [0.25, 0.3) is 11.6 Å². The highest BCUT2D eigenvalue weighted by Gasteiger charge is 2.21. The highest BCUT2D eigenvalue weighted by molar-refractivity contribution is 6.06. The fraction of sp³-hybridized carbons (Fsp3) is 0. The van der Waals surface area contributed by atoms with Crippen molar-refractivity contribution in [2.45, 2.75) is 0 Å². The molecule has 2 aromatic rings. The molecule has 1 aromatic carbocycles. The van der Waals surface area contributed by atoms with Crippen LogP contribution in [0.1, 0.15) is 10.4 Å². The molecular weight excluding hydrogens is 252 g/mol. The van der Waals surface area contributed by atoms with Gasteiger partial charge in [0.15, 0.2) is 0 Å². The monoisotopic (exact) mass is 260 g/mol. The average molecular weight is 260 g/mol. The molecule has 0 radical (unpaired) electrons. The average Bonchev–Trinajstić information content (AvgIpc) is 2.92. The minimum Gasteiger partial charge on any atom is -0.273 e. The molecule has 1 aromatic heterocycles. The number of nitrogens with zero attached hydrogens (tertiary/aromatic N) is 3. The Bertz CT molecular complexity index is 636. The second-order valence-electron chi connectivity index (χ2n) is 3.50. The number of rotatable bonds is 2. The molecule has 96 valence electrons. The van der Waals surface area contributed by atoms with E-state index in [1.807, 2.05) is 5.32 Å². The van der Waals surface area contributed by atoms with Crippen molar-refractivity contribution in [3.05, 3.63) is 58.7 Å². The van der Waals surface area contributed by atoms with Gasteiger partial charge in [-0.25, -0.2) is 9.78 Å². The SMILES string of the molecule is O=C(NC(=O)n1ccnc1)c1ccccc1[N+](=O)[O-]. The van der Waals surface area contributed by atoms with Crippen LogP contribution in [-0.2, 0) is 0 Å². The summed E-state index contributed by atoms with van der Waals surface area (Å²) in [5.74, 6) is -0.842. The summed E-state index contributed by atoms with van der Waals surface area (Å²) in [5.41, 5.74) is -0.542. The van der Waals surface area contributed by atoms with Gasteiger partial charge in [0.2, 0.25) is 0 Å². The standard InChI is InChI=1S/C11H8N4O4/c16-10(13-11(17)14-6-5-12-7-14)8-3-1-2-4-9(8)15(18)19/h1-7H,(H,13,16,17). The molecule has 1 N–H and O–H groups in total. The number of carbonyl (C=O) groups is 2. The van der Waals surface area contributed by atoms with E-state index in [4.69, 9.17) is 0 Å². The first-order valence-corrected chi connectivity index (χ1v) is 5.16. The van der Waals surface area contributed by atoms with Crippen molar-refractivity contribution >= 4 is 17.6 Å². The molecule has 0 fully saturated rings. The number of amides is 2. The summed E-state index contributed by atoms with van der Waals surface area (Å²) < 4.78 is 1.05. The largest absolute Gasteiger partial charge is 0.333 e. The Hall–Kier alpha value is -3.03. The van der Waals surface area contributed by atoms with Crippen molar-refractivity contribution in [1.82, 2.24) is 14.9 Å². The summed E-state index contributed by atoms with van der Waals surface area (Å²) in [7, 11) is 0. The minimum absolute atomic E-state index is 0.180. The van der Waals surface area contributed by atoms with E-state index in [0.717, 1.165) is 4.57 Å². The van der Waals surface area contributed by atoms with Gasteiger partial charge in [0.1, 0.15) is 11.9 Å². The topological polar surface area (TPSA) is 107 Å². The Morgan fingerprint density at radius 1 is 1.32 bits per heavy atom. The maximum Gasteiger partial charge on any atom is 0.333 e. The van der Waals surface area contributed by atoms with Crippen molar-refractivity contribution in [2.75, 3.05) is 0 Å². The van der Waals surface area contributed by atoms with E-state index in [-0.39, 0.29) is 11.3 Å². The Balaban J connectivity index is 2.21. The number of nitrogens with one attached hydrogen (secondary N) is 1. The number of nitro groups is 1. The minimum atomic E-state index is -0.842. The molecule has 2 amide bonds. The van der Waals surface area contributed by atoms with Gasteiger partial charge in [-0.1, -0.05) is 12.1 Å². The van der Waals surface area contributed by atoms with E-state index in [1.54, 1.807) is 0 Å². The Morgan fingerprint density at radius 2 is 2.05 bits per heavy atom. The molecule has 8 nitrogen and oxygen atoms in total. The van der Waals surface area contributed by atoms with Gasteiger partial charge >= 0.3 is 6.03 Å². The van der Waals surface area contributed by atoms with E-state index in [0.29, 0.717) is 0 Å². The summed E-state index contributed by atoms with van der Waals surface area (Å²) in [4.78, 5) is 37.1. The predicted octanol–water partition coefficient (Wildman–Crippen LogP) is 1.19. The number of hydrogen-bond acceptors (Lipinski definition) is 5. The summed E-state index contributed by atoms with van der Waals surface area (Å²) in [6.45, 7) is 0. The fourth-order valence-electron chi connectivity index (χ4n) is 1.43. The maximum absolute atomic E-state index is 11.8. The van der Waals surface area contributed by atoms with Gasteiger partial charge in [-0.2, -0.15) is 0 Å². The number of para-hydroxylation sites is 1. The Morgan fingerprint density at radius 3 is 2.68 bits per heavy atom. The molecule has 1 heterocycles. The van der Waals surface area contributed by atoms with Crippen LogP contribution in [0.3, 0.4) is 0 Å². The molecule has 2 rings (SSSR count). The molecule has 0 bridgehead atoms. The van der Waals surface area contributed by atoms with Crippen molar-refractivity contribution in [3.8, 4) is 0 Å². The summed E-state index contributed by atoms with van der Waals surface area (Å²) in [6, 6.07) is 4.64. The molecular formula is C11H8N4O4. The smallest absolute Gasteiger partial charge is 0.273 e. The second kappa shape index (κ2) is 5.08. The van der Waals surface area contributed by atoms with Gasteiger partial charge in [0.05, 0.1) is 4.92 Å². The van der Waals surface area contributed by atoms with Crippen LogP contribution >= 0.6 is 0 Å². The van der Waals surface area contributed by atoms with Gasteiger partial charge < -0.3 is 0 Å². The van der Waals surface area contributed by atoms with E-state index in [2.05, 4.69) is 4.98 Å². The number of hydrogen-bond donors (Lipinski definition) is 1. The van der Waals surface area contributed by atoms with Crippen molar-refractivity contribution in [1.29, 1.82) is 0 Å². The predicted molar refractivity (Wildman–Crippen MR) is 63.6 cm³/mol. The molecule has 0 aliphatic heterocycles. The number of imidazole rings is 1. The fourth-order valence-corrected chi connectivity index (χ4v) is 1.43. The normalized spacial score (nSPS) is 9.89. The highest BCUT2D eigenvalue weighted by atomic mass is 16.6. The highest BCUT2D eigenvalue weighted by Crippen LogP contribution is 2.17. The van der Waals surface area contributed by atoms with Gasteiger partial charge in [-0.05, 0) is 6.07 Å². The molecule has 0 aliphatic carbocycles. The van der Waals surface area contributed by atoms with Crippen LogP contribution in [0.25, 0.3) is 0 Å². The zero-order valence-electron chi connectivity index (χ0n) is 9.52. The van der Waals surface area contributed by atoms with Gasteiger partial charge in [0, 0.05) is 18.5 Å². The first-order chi connectivity index (χ1) is 9.09. The Labute approximate surface area is 106 Å². The third-order valence-electron chi connectivity index (χ3n) is 2.30. The van der Waals surface area contributed by atoms with Crippen LogP contribution in [0, 0.1) is 10.1 Å². The molecule has 0 saturated heterocycles. The molecule has 19 heavy (non-hydrogen) atoms. The van der Waals surface area contributed by atoms with Crippen molar-refractivity contribution in [3.63, 3.8) is 0 Å². The quantitative estimate of drug-likeness (QED) is 0.644. The molecule has 0 spiro atoms. The zero-order chi connectivity index (χ0) is 13.8. The molecule has 0 unspecified atom stereocenters. The number of nitro benzene ring substituents is 1. The van der Waals surface area contributed by atoms with E-state index < -0.39 is 16.9 Å². The van der Waals surface area contributed by atoms with E-state index >= 15 is 0 Å². The summed E-state index contributed by atoms with van der Waals surface area (Å²) in [5, 5.41) is 12.8. The van der Waals surface area contributed by atoms with E-state index in [1.165, 1.54) is 43.0 Å². The number of benzene rings is 1. The first kappa shape index (κ1) is 12.4. The van der Waals surface area contributed by atoms with Gasteiger partial charge in [-0.3, -0.25) is 24.8 Å². The third kappa shape index (κ3) is 2.63. The van der Waals surface area contributed by atoms with Crippen LogP contribution in [0.4, 0.5) is 10.5 Å². The van der Waals surface area contributed by atoms with Crippen LogP contribution in [-0.4, -0.2) is 26.4 Å². The van der Waals surface area contributed by atoms with Crippen LogP contribution in [0.15, 0.2) is 43.0 Å². The molecule has 0 saturated carbocycles. The molecule has 0 atom stereocenters. The lowest BCUT2D eigenvalue weighted by Crippen LogP contribution is -2.33. The first-order valence-electron chi connectivity index (χ1n) is 5.16. The van der Waals surface area contributed by atoms with Gasteiger partial charge in [-0.15, -0.1) is 0 Å². The second-order valence-corrected chi connectivity index (χ2v) is 3.50. The third-order valence-corrected chi connectivity index (χ3v) is 2.30. The lowest BCUT2D eigenvalue weighted by atomic mass is 10.1. The zero-order valence-corrected chi connectivity index (χ0v) is 9.52. The summed E-state index contributed by atoms with van der Waals surface area (Å²) >= 11 is 0. The van der Waals surface area contributed by atoms with Crippen molar-refractivity contribution < 1.29 is 14.5 Å². The maximum atomic E-state index is 11.8. The summed E-state index contributed by atoms with van der Waals surface area (Å²) in [6.07, 6.45) is 3.93. The van der Waals surface area contributed by atoms with Crippen molar-refractivity contribution in [2.24, 2.45) is 0 Å². The lowest BCUT2D eigenvalue weighted by molar-refractivity contribution is -0.385. The Kier molecular flexibility index (Phi) is 3.33.